The Balaban J connectivity index is 1.71. The number of hydrogen-bond acceptors (Lipinski definition) is 4. The van der Waals surface area contributed by atoms with Crippen LogP contribution in [-0.4, -0.2) is 60.0 Å². The molecule has 0 spiro atoms. The first-order chi connectivity index (χ1) is 7.65. The van der Waals surface area contributed by atoms with Gasteiger partial charge in [0, 0.05) is 25.2 Å². The molecule has 3 aliphatic heterocycles. The first-order valence-corrected chi connectivity index (χ1v) is 5.85. The first kappa shape index (κ1) is 10.1. The van der Waals surface area contributed by atoms with Crippen molar-refractivity contribution in [3.8, 4) is 0 Å². The molecule has 3 aliphatic rings. The lowest BCUT2D eigenvalue weighted by Crippen LogP contribution is -2.59. The molecule has 88 valence electrons. The highest BCUT2D eigenvalue weighted by Gasteiger charge is 2.47. The van der Waals surface area contributed by atoms with Crippen molar-refractivity contribution < 1.29 is 14.3 Å². The number of carbonyl (C=O) groups excluding carboxylic acids is 2. The fourth-order valence-corrected chi connectivity index (χ4v) is 3.08. The lowest BCUT2D eigenvalue weighted by molar-refractivity contribution is -0.181. The van der Waals surface area contributed by atoms with Crippen LogP contribution in [0.5, 0.6) is 0 Å². The summed E-state index contributed by atoms with van der Waals surface area (Å²) in [6.07, 6.45) is 1.95. The van der Waals surface area contributed by atoms with E-state index in [4.69, 9.17) is 4.74 Å². The molecule has 0 aromatic rings. The highest BCUT2D eigenvalue weighted by molar-refractivity contribution is 5.92. The van der Waals surface area contributed by atoms with Crippen molar-refractivity contribution in [2.75, 3.05) is 20.1 Å². The number of hydrogen-bond donors (Lipinski definition) is 0. The Kier molecular flexibility index (Phi) is 2.17. The third-order valence-electron chi connectivity index (χ3n) is 3.82. The molecule has 0 aromatic heterocycles. The van der Waals surface area contributed by atoms with E-state index in [2.05, 4.69) is 11.9 Å². The van der Waals surface area contributed by atoms with Crippen LogP contribution in [0, 0.1) is 0 Å². The molecule has 3 atom stereocenters. The molecule has 5 nitrogen and oxygen atoms in total. The molecule has 3 rings (SSSR count). The molecule has 0 N–H and O–H groups in total. The molecule has 0 radical (unpaired) electrons. The van der Waals surface area contributed by atoms with E-state index in [1.54, 1.807) is 0 Å². The minimum atomic E-state index is -0.487. The number of rotatable bonds is 1. The maximum absolute atomic E-state index is 12.1. The SMILES string of the molecule is CN1CC2CCC(C1)N2C(=O)C1CC(=O)O1. The van der Waals surface area contributed by atoms with Crippen molar-refractivity contribution in [1.29, 1.82) is 0 Å². The summed E-state index contributed by atoms with van der Waals surface area (Å²) in [5.74, 6) is -0.222. The zero-order valence-electron chi connectivity index (χ0n) is 9.39. The van der Waals surface area contributed by atoms with Crippen molar-refractivity contribution in [1.82, 2.24) is 9.80 Å². The summed E-state index contributed by atoms with van der Waals surface area (Å²) in [5, 5.41) is 0. The largest absolute Gasteiger partial charge is 0.451 e. The van der Waals surface area contributed by atoms with Gasteiger partial charge in [-0.3, -0.25) is 9.59 Å². The molecule has 3 unspecified atom stereocenters. The van der Waals surface area contributed by atoms with E-state index >= 15 is 0 Å². The van der Waals surface area contributed by atoms with Gasteiger partial charge < -0.3 is 14.5 Å². The van der Waals surface area contributed by atoms with Gasteiger partial charge in [0.15, 0.2) is 6.10 Å². The molecule has 0 aliphatic carbocycles. The van der Waals surface area contributed by atoms with Crippen LogP contribution in [0.3, 0.4) is 0 Å². The zero-order valence-corrected chi connectivity index (χ0v) is 9.39. The normalized spacial score (nSPS) is 38.2. The van der Waals surface area contributed by atoms with E-state index in [0.29, 0.717) is 12.1 Å². The van der Waals surface area contributed by atoms with Crippen molar-refractivity contribution in [3.05, 3.63) is 0 Å². The molecule has 16 heavy (non-hydrogen) atoms. The molecule has 1 amide bonds. The second kappa shape index (κ2) is 3.45. The van der Waals surface area contributed by atoms with Crippen LogP contribution < -0.4 is 0 Å². The van der Waals surface area contributed by atoms with Gasteiger partial charge in [0.2, 0.25) is 0 Å². The molecule has 2 bridgehead atoms. The zero-order chi connectivity index (χ0) is 11.3. The number of likely N-dealkylation sites (tertiary alicyclic amines) is 1. The summed E-state index contributed by atoms with van der Waals surface area (Å²) < 4.78 is 4.86. The van der Waals surface area contributed by atoms with Gasteiger partial charge in [0.25, 0.3) is 5.91 Å². The fourth-order valence-electron chi connectivity index (χ4n) is 3.08. The number of cyclic esters (lactones) is 1. The summed E-state index contributed by atoms with van der Waals surface area (Å²) in [6.45, 7) is 1.89. The number of likely N-dealkylation sites (N-methyl/N-ethyl adjacent to an activating group) is 1. The van der Waals surface area contributed by atoms with E-state index < -0.39 is 6.10 Å². The van der Waals surface area contributed by atoms with Gasteiger partial charge in [0.1, 0.15) is 0 Å². The highest BCUT2D eigenvalue weighted by atomic mass is 16.6. The predicted octanol–water partition coefficient (Wildman–Crippen LogP) is -0.393. The van der Waals surface area contributed by atoms with Crippen LogP contribution >= 0.6 is 0 Å². The van der Waals surface area contributed by atoms with Gasteiger partial charge >= 0.3 is 5.97 Å². The van der Waals surface area contributed by atoms with E-state index in [-0.39, 0.29) is 18.3 Å². The number of fused-ring (bicyclic) bond motifs is 2. The molecular formula is C11H16N2O3. The fraction of sp³-hybridized carbons (Fsp3) is 0.818. The minimum Gasteiger partial charge on any atom is -0.451 e. The van der Waals surface area contributed by atoms with E-state index in [1.165, 1.54) is 0 Å². The third kappa shape index (κ3) is 1.42. The van der Waals surface area contributed by atoms with Crippen molar-refractivity contribution >= 4 is 11.9 Å². The lowest BCUT2D eigenvalue weighted by atomic mass is 10.1. The molecule has 3 fully saturated rings. The maximum Gasteiger partial charge on any atom is 0.310 e. The molecule has 5 heteroatoms. The van der Waals surface area contributed by atoms with Gasteiger partial charge in [-0.25, -0.2) is 0 Å². The quantitative estimate of drug-likeness (QED) is 0.569. The van der Waals surface area contributed by atoms with Crippen LogP contribution in [0.15, 0.2) is 0 Å². The summed E-state index contributed by atoms with van der Waals surface area (Å²) in [7, 11) is 2.09. The third-order valence-corrected chi connectivity index (χ3v) is 3.82. The van der Waals surface area contributed by atoms with Crippen molar-refractivity contribution in [2.24, 2.45) is 0 Å². The second-order valence-electron chi connectivity index (χ2n) is 5.03. The van der Waals surface area contributed by atoms with Gasteiger partial charge in [-0.2, -0.15) is 0 Å². The summed E-state index contributed by atoms with van der Waals surface area (Å²) in [6, 6.07) is 0.658. The van der Waals surface area contributed by atoms with E-state index in [9.17, 15) is 9.59 Å². The van der Waals surface area contributed by atoms with Gasteiger partial charge in [-0.05, 0) is 19.9 Å². The Morgan fingerprint density at radius 3 is 2.38 bits per heavy atom. The number of amides is 1. The minimum absolute atomic E-state index is 0.0280. The average molecular weight is 224 g/mol. The van der Waals surface area contributed by atoms with Crippen LogP contribution in [-0.2, 0) is 14.3 Å². The van der Waals surface area contributed by atoms with Crippen LogP contribution in [0.1, 0.15) is 19.3 Å². The number of esters is 1. The summed E-state index contributed by atoms with van der Waals surface area (Å²) in [5.41, 5.74) is 0. The first-order valence-electron chi connectivity index (χ1n) is 5.85. The van der Waals surface area contributed by atoms with E-state index in [0.717, 1.165) is 25.9 Å². The monoisotopic (exact) mass is 224 g/mol. The van der Waals surface area contributed by atoms with E-state index in [1.807, 2.05) is 4.90 Å². The van der Waals surface area contributed by atoms with Crippen LogP contribution in [0.2, 0.25) is 0 Å². The Bertz CT molecular complexity index is 322. The molecule has 3 saturated heterocycles. The predicted molar refractivity (Wildman–Crippen MR) is 55.7 cm³/mol. The Labute approximate surface area is 94.3 Å². The van der Waals surface area contributed by atoms with Crippen LogP contribution in [0.4, 0.5) is 0 Å². The molecular weight excluding hydrogens is 208 g/mol. The van der Waals surface area contributed by atoms with Gasteiger partial charge in [-0.15, -0.1) is 0 Å². The average Bonchev–Trinajstić information content (AvgIpc) is 2.46. The highest BCUT2D eigenvalue weighted by Crippen LogP contribution is 2.31. The topological polar surface area (TPSA) is 49.9 Å². The number of nitrogens with zero attached hydrogens (tertiary/aromatic N) is 2. The maximum atomic E-state index is 12.1. The van der Waals surface area contributed by atoms with Crippen molar-refractivity contribution in [3.63, 3.8) is 0 Å². The molecule has 0 aromatic carbocycles. The smallest absolute Gasteiger partial charge is 0.310 e. The Hall–Kier alpha value is -1.10. The number of carbonyl (C=O) groups is 2. The molecule has 0 saturated carbocycles. The standard InChI is InChI=1S/C11H16N2O3/c1-12-5-7-2-3-8(6-12)13(7)11(15)9-4-10(14)16-9/h7-9H,2-6H2,1H3. The lowest BCUT2D eigenvalue weighted by Gasteiger charge is -2.41. The van der Waals surface area contributed by atoms with Crippen LogP contribution in [0.25, 0.3) is 0 Å². The second-order valence-corrected chi connectivity index (χ2v) is 5.03. The van der Waals surface area contributed by atoms with Gasteiger partial charge in [-0.1, -0.05) is 0 Å². The summed E-state index contributed by atoms with van der Waals surface area (Å²) >= 11 is 0. The summed E-state index contributed by atoms with van der Waals surface area (Å²) in [4.78, 5) is 27.1. The molecule has 3 heterocycles. The number of ether oxygens (including phenoxy) is 1. The van der Waals surface area contributed by atoms with Gasteiger partial charge in [0.05, 0.1) is 6.42 Å². The Morgan fingerprint density at radius 2 is 1.88 bits per heavy atom. The Morgan fingerprint density at radius 1 is 1.31 bits per heavy atom. The number of piperazine rings is 1. The van der Waals surface area contributed by atoms with Crippen molar-refractivity contribution in [2.45, 2.75) is 37.5 Å².